The zero-order valence-corrected chi connectivity index (χ0v) is 17.8. The van der Waals surface area contributed by atoms with Gasteiger partial charge >= 0.3 is 6.03 Å². The Morgan fingerprint density at radius 3 is 2.72 bits per heavy atom. The van der Waals surface area contributed by atoms with E-state index in [4.69, 9.17) is 4.98 Å². The molecule has 1 aliphatic heterocycles. The van der Waals surface area contributed by atoms with Crippen molar-refractivity contribution in [2.45, 2.75) is 69.9 Å². The molecule has 6 nitrogen and oxygen atoms in total. The Kier molecular flexibility index (Phi) is 6.45. The highest BCUT2D eigenvalue weighted by atomic mass is 32.1. The van der Waals surface area contributed by atoms with Gasteiger partial charge in [-0.1, -0.05) is 31.4 Å². The van der Waals surface area contributed by atoms with Gasteiger partial charge in [-0.05, 0) is 51.3 Å². The molecule has 2 heterocycles. The number of thiazole rings is 1. The van der Waals surface area contributed by atoms with E-state index in [0.29, 0.717) is 5.92 Å². The summed E-state index contributed by atoms with van der Waals surface area (Å²) in [6.45, 7) is 3.57. The molecule has 2 N–H and O–H groups in total. The minimum absolute atomic E-state index is 0.199. The van der Waals surface area contributed by atoms with E-state index in [-0.39, 0.29) is 24.0 Å². The number of rotatable bonds is 4. The van der Waals surface area contributed by atoms with Crippen molar-refractivity contribution in [1.29, 1.82) is 0 Å². The number of benzene rings is 1. The molecule has 2 atom stereocenters. The van der Waals surface area contributed by atoms with Crippen molar-refractivity contribution in [3.63, 3.8) is 0 Å². The fourth-order valence-electron chi connectivity index (χ4n) is 4.47. The summed E-state index contributed by atoms with van der Waals surface area (Å²) < 4.78 is 1.21. The average molecular weight is 415 g/mol. The number of carbonyl (C=O) groups is 2. The molecule has 0 bridgehead atoms. The summed E-state index contributed by atoms with van der Waals surface area (Å²) in [6.07, 6.45) is 7.67. The fourth-order valence-corrected chi connectivity index (χ4v) is 5.57. The molecule has 1 aliphatic carbocycles. The van der Waals surface area contributed by atoms with Gasteiger partial charge in [0.15, 0.2) is 0 Å². The molecule has 2 aromatic rings. The van der Waals surface area contributed by atoms with Crippen molar-refractivity contribution in [2.24, 2.45) is 0 Å². The third kappa shape index (κ3) is 4.95. The second-order valence-electron chi connectivity index (χ2n) is 8.33. The van der Waals surface area contributed by atoms with Crippen molar-refractivity contribution in [3.8, 4) is 0 Å². The molecule has 0 spiro atoms. The summed E-state index contributed by atoms with van der Waals surface area (Å²) in [6, 6.07) is 7.74. The monoisotopic (exact) mass is 414 g/mol. The number of amides is 3. The van der Waals surface area contributed by atoms with E-state index in [1.54, 1.807) is 11.3 Å². The predicted molar refractivity (Wildman–Crippen MR) is 116 cm³/mol. The van der Waals surface area contributed by atoms with Gasteiger partial charge in [0.1, 0.15) is 0 Å². The van der Waals surface area contributed by atoms with Gasteiger partial charge < -0.3 is 5.32 Å². The van der Waals surface area contributed by atoms with Crippen LogP contribution in [0.2, 0.25) is 0 Å². The van der Waals surface area contributed by atoms with E-state index in [9.17, 15) is 9.59 Å². The first-order valence-corrected chi connectivity index (χ1v) is 11.6. The molecule has 2 fully saturated rings. The van der Waals surface area contributed by atoms with Crippen LogP contribution in [0.15, 0.2) is 24.3 Å². The molecule has 3 amide bonds. The van der Waals surface area contributed by atoms with Crippen molar-refractivity contribution in [3.05, 3.63) is 29.3 Å². The number of fused-ring (bicyclic) bond motifs is 1. The number of nitrogens with one attached hydrogen (secondary N) is 2. The van der Waals surface area contributed by atoms with Crippen LogP contribution < -0.4 is 10.6 Å². The molecule has 1 saturated carbocycles. The Morgan fingerprint density at radius 1 is 1.14 bits per heavy atom. The number of nitrogens with zero attached hydrogens (tertiary/aromatic N) is 2. The van der Waals surface area contributed by atoms with Gasteiger partial charge in [0.25, 0.3) is 0 Å². The van der Waals surface area contributed by atoms with Crippen molar-refractivity contribution in [1.82, 2.24) is 20.5 Å². The van der Waals surface area contributed by atoms with E-state index in [2.05, 4.69) is 27.7 Å². The van der Waals surface area contributed by atoms with Crippen molar-refractivity contribution >= 4 is 33.5 Å². The van der Waals surface area contributed by atoms with Crippen LogP contribution in [0.25, 0.3) is 10.2 Å². The molecule has 1 aromatic carbocycles. The van der Waals surface area contributed by atoms with E-state index in [1.807, 2.05) is 19.1 Å². The molecular weight excluding hydrogens is 384 g/mol. The highest BCUT2D eigenvalue weighted by molar-refractivity contribution is 7.18. The second-order valence-corrected chi connectivity index (χ2v) is 9.39. The van der Waals surface area contributed by atoms with E-state index in [0.717, 1.165) is 62.1 Å². The number of para-hydroxylation sites is 1. The number of hydrogen-bond donors (Lipinski definition) is 2. The van der Waals surface area contributed by atoms with E-state index >= 15 is 0 Å². The minimum atomic E-state index is -0.353. The first-order chi connectivity index (χ1) is 14.1. The van der Waals surface area contributed by atoms with Crippen LogP contribution in [-0.2, 0) is 4.79 Å². The molecule has 2 aliphatic rings. The second kappa shape index (κ2) is 9.22. The number of hydrogen-bond acceptors (Lipinski definition) is 5. The largest absolute Gasteiger partial charge is 0.335 e. The molecule has 156 valence electrons. The Hall–Kier alpha value is -1.99. The number of aromatic nitrogens is 1. The van der Waals surface area contributed by atoms with Gasteiger partial charge in [-0.25, -0.2) is 9.78 Å². The summed E-state index contributed by atoms with van der Waals surface area (Å²) in [5.74, 6) is 0.121. The number of urea groups is 1. The van der Waals surface area contributed by atoms with Gasteiger partial charge in [0, 0.05) is 18.5 Å². The number of likely N-dealkylation sites (tertiary alicyclic amines) is 1. The minimum Gasteiger partial charge on any atom is -0.335 e. The van der Waals surface area contributed by atoms with E-state index < -0.39 is 0 Å². The van der Waals surface area contributed by atoms with Crippen LogP contribution in [-0.4, -0.2) is 47.0 Å². The lowest BCUT2D eigenvalue weighted by Crippen LogP contribution is -2.53. The summed E-state index contributed by atoms with van der Waals surface area (Å²) in [5.41, 5.74) is 1.05. The molecule has 0 radical (unpaired) electrons. The maximum Gasteiger partial charge on any atom is 0.321 e. The Balaban J connectivity index is 1.33. The maximum atomic E-state index is 12.7. The zero-order valence-electron chi connectivity index (χ0n) is 17.0. The van der Waals surface area contributed by atoms with Crippen LogP contribution in [0.3, 0.4) is 0 Å². The van der Waals surface area contributed by atoms with E-state index in [1.165, 1.54) is 11.1 Å². The summed E-state index contributed by atoms with van der Waals surface area (Å²) in [5, 5.41) is 6.67. The summed E-state index contributed by atoms with van der Waals surface area (Å²) in [4.78, 5) is 31.9. The molecule has 4 rings (SSSR count). The summed E-state index contributed by atoms with van der Waals surface area (Å²) >= 11 is 1.75. The van der Waals surface area contributed by atoms with Crippen molar-refractivity contribution in [2.75, 3.05) is 13.1 Å². The first-order valence-electron chi connectivity index (χ1n) is 10.8. The lowest BCUT2D eigenvalue weighted by Gasteiger charge is -2.35. The van der Waals surface area contributed by atoms with Crippen LogP contribution >= 0.6 is 11.3 Å². The van der Waals surface area contributed by atoms with Gasteiger partial charge in [-0.3, -0.25) is 15.0 Å². The normalized spacial score (nSPS) is 22.3. The molecule has 7 heteroatoms. The topological polar surface area (TPSA) is 74.3 Å². The first kappa shape index (κ1) is 20.3. The third-order valence-electron chi connectivity index (χ3n) is 6.22. The van der Waals surface area contributed by atoms with Crippen LogP contribution in [0.4, 0.5) is 4.79 Å². The van der Waals surface area contributed by atoms with Gasteiger partial charge in [-0.2, -0.15) is 0 Å². The number of imide groups is 1. The Morgan fingerprint density at radius 2 is 1.93 bits per heavy atom. The zero-order chi connectivity index (χ0) is 20.2. The molecule has 1 saturated heterocycles. The molecule has 29 heavy (non-hydrogen) atoms. The highest BCUT2D eigenvalue weighted by Crippen LogP contribution is 2.33. The lowest BCUT2D eigenvalue weighted by molar-refractivity contribution is -0.125. The van der Waals surface area contributed by atoms with Crippen LogP contribution in [0.5, 0.6) is 0 Å². The van der Waals surface area contributed by atoms with Crippen molar-refractivity contribution < 1.29 is 9.59 Å². The summed E-state index contributed by atoms with van der Waals surface area (Å²) in [7, 11) is 0. The Bertz CT molecular complexity index is 828. The molecular formula is C22H30N4O2S. The smallest absolute Gasteiger partial charge is 0.321 e. The predicted octanol–water partition coefficient (Wildman–Crippen LogP) is 4.02. The third-order valence-corrected chi connectivity index (χ3v) is 7.42. The quantitative estimate of drug-likeness (QED) is 0.792. The highest BCUT2D eigenvalue weighted by Gasteiger charge is 2.30. The van der Waals surface area contributed by atoms with Crippen LogP contribution in [0.1, 0.15) is 62.8 Å². The average Bonchev–Trinajstić information content (AvgIpc) is 3.18. The van der Waals surface area contributed by atoms with Gasteiger partial charge in [0.05, 0.1) is 21.3 Å². The number of carbonyl (C=O) groups excluding carboxylic acids is 2. The SMILES string of the molecule is C[C@H](C(=O)NC(=O)NC1CCCCC1)N1CCC[C@H](c2nc3ccccc3s2)C1. The van der Waals surface area contributed by atoms with Gasteiger partial charge in [-0.15, -0.1) is 11.3 Å². The van der Waals surface area contributed by atoms with Crippen LogP contribution in [0, 0.1) is 0 Å². The lowest BCUT2D eigenvalue weighted by atomic mass is 9.96. The molecule has 1 aromatic heterocycles. The standard InChI is InChI=1S/C22H30N4O2S/c1-15(20(27)25-22(28)23-17-9-3-2-4-10-17)26-13-7-8-16(14-26)21-24-18-11-5-6-12-19(18)29-21/h5-6,11-12,15-17H,2-4,7-10,13-14H2,1H3,(H2,23,25,27,28)/t15-,16+/m1/s1. The molecule has 0 unspecified atom stereocenters. The fraction of sp³-hybridized carbons (Fsp3) is 0.591. The number of piperidine rings is 1. The Labute approximate surface area is 176 Å². The van der Waals surface area contributed by atoms with Gasteiger partial charge in [0.2, 0.25) is 5.91 Å². The maximum absolute atomic E-state index is 12.7.